The number of ether oxygens (including phenoxy) is 2. The number of hydrogen-bond acceptors (Lipinski definition) is 4. The predicted octanol–water partition coefficient (Wildman–Crippen LogP) is 2.22. The molecule has 1 saturated heterocycles. The number of esters is 1. The van der Waals surface area contributed by atoms with Gasteiger partial charge in [-0.1, -0.05) is 0 Å². The number of carbonyl (C=O) groups is 2. The van der Waals surface area contributed by atoms with Crippen LogP contribution in [0.3, 0.4) is 0 Å². The van der Waals surface area contributed by atoms with Gasteiger partial charge < -0.3 is 14.8 Å². The second kappa shape index (κ2) is 5.00. The Hall–Kier alpha value is -2.04. The molecular formula is C17H19NO4. The molecule has 0 aromatic heterocycles. The van der Waals surface area contributed by atoms with Gasteiger partial charge in [0.15, 0.2) is 0 Å². The van der Waals surface area contributed by atoms with E-state index in [0.717, 1.165) is 24.3 Å². The highest BCUT2D eigenvalue weighted by Gasteiger charge is 2.63. The van der Waals surface area contributed by atoms with Crippen LogP contribution in [0.1, 0.15) is 19.8 Å². The minimum absolute atomic E-state index is 0.0565. The van der Waals surface area contributed by atoms with Gasteiger partial charge >= 0.3 is 5.97 Å². The van der Waals surface area contributed by atoms with E-state index in [1.165, 1.54) is 0 Å². The molecule has 1 aliphatic heterocycles. The molecule has 5 nitrogen and oxygen atoms in total. The van der Waals surface area contributed by atoms with Gasteiger partial charge in [0.05, 0.1) is 18.4 Å². The number of carbonyl (C=O) groups excluding carboxylic acids is 2. The van der Waals surface area contributed by atoms with Crippen molar-refractivity contribution >= 4 is 17.6 Å². The predicted molar refractivity (Wildman–Crippen MR) is 79.3 cm³/mol. The van der Waals surface area contributed by atoms with Crippen LogP contribution in [0.25, 0.3) is 0 Å². The monoisotopic (exact) mass is 301 g/mol. The highest BCUT2D eigenvalue weighted by atomic mass is 16.6. The van der Waals surface area contributed by atoms with Gasteiger partial charge in [0.25, 0.3) is 0 Å². The first-order valence-electron chi connectivity index (χ1n) is 7.91. The number of benzene rings is 1. The Kier molecular flexibility index (Phi) is 3.10. The lowest BCUT2D eigenvalue weighted by Crippen LogP contribution is -2.35. The van der Waals surface area contributed by atoms with Crippen LogP contribution in [0.4, 0.5) is 5.69 Å². The van der Waals surface area contributed by atoms with Gasteiger partial charge in [-0.25, -0.2) is 0 Å². The zero-order chi connectivity index (χ0) is 15.3. The van der Waals surface area contributed by atoms with Gasteiger partial charge in [-0.15, -0.1) is 0 Å². The maximum atomic E-state index is 12.6. The molecule has 2 aliphatic carbocycles. The van der Waals surface area contributed by atoms with Crippen molar-refractivity contribution in [3.63, 3.8) is 0 Å². The second-order valence-electron chi connectivity index (χ2n) is 6.37. The number of amides is 1. The van der Waals surface area contributed by atoms with Crippen molar-refractivity contribution in [1.29, 1.82) is 0 Å². The summed E-state index contributed by atoms with van der Waals surface area (Å²) in [6.45, 7) is 2.54. The van der Waals surface area contributed by atoms with Crippen molar-refractivity contribution in [2.45, 2.75) is 25.9 Å². The van der Waals surface area contributed by atoms with E-state index >= 15 is 0 Å². The maximum Gasteiger partial charge on any atom is 0.310 e. The summed E-state index contributed by atoms with van der Waals surface area (Å²) in [5, 5.41) is 2.94. The third-order valence-corrected chi connectivity index (χ3v) is 5.22. The molecule has 2 saturated carbocycles. The fourth-order valence-corrected chi connectivity index (χ4v) is 4.39. The van der Waals surface area contributed by atoms with Crippen LogP contribution >= 0.6 is 0 Å². The molecule has 0 radical (unpaired) electrons. The number of nitrogens with one attached hydrogen (secondary N) is 1. The lowest BCUT2D eigenvalue weighted by atomic mass is 9.79. The summed E-state index contributed by atoms with van der Waals surface area (Å²) in [6, 6.07) is 7.32. The van der Waals surface area contributed by atoms with Gasteiger partial charge in [-0.3, -0.25) is 9.59 Å². The summed E-state index contributed by atoms with van der Waals surface area (Å²) in [6.07, 6.45) is 1.86. The smallest absolute Gasteiger partial charge is 0.310 e. The molecule has 5 heteroatoms. The highest BCUT2D eigenvalue weighted by Crippen LogP contribution is 2.57. The Labute approximate surface area is 129 Å². The molecule has 116 valence electrons. The van der Waals surface area contributed by atoms with E-state index in [-0.39, 0.29) is 41.7 Å². The molecule has 3 aliphatic rings. The normalized spacial score (nSPS) is 34.6. The van der Waals surface area contributed by atoms with E-state index < -0.39 is 0 Å². The van der Waals surface area contributed by atoms with E-state index in [9.17, 15) is 9.59 Å². The Balaban J connectivity index is 1.47. The summed E-state index contributed by atoms with van der Waals surface area (Å²) in [4.78, 5) is 24.6. The molecule has 4 rings (SSSR count). The van der Waals surface area contributed by atoms with Crippen LogP contribution in [-0.4, -0.2) is 24.6 Å². The molecule has 1 N–H and O–H groups in total. The van der Waals surface area contributed by atoms with Gasteiger partial charge in [0.1, 0.15) is 11.9 Å². The molecule has 0 unspecified atom stereocenters. The third kappa shape index (κ3) is 1.99. The van der Waals surface area contributed by atoms with Gasteiger partial charge in [0, 0.05) is 11.6 Å². The summed E-state index contributed by atoms with van der Waals surface area (Å²) in [5.41, 5.74) is 0.735. The summed E-state index contributed by atoms with van der Waals surface area (Å²) < 4.78 is 10.8. The molecule has 1 heterocycles. The summed E-state index contributed by atoms with van der Waals surface area (Å²) in [5.74, 6) is 0.625. The van der Waals surface area contributed by atoms with Crippen LogP contribution in [0, 0.1) is 23.7 Å². The van der Waals surface area contributed by atoms with Gasteiger partial charge in [0.2, 0.25) is 5.91 Å². The minimum atomic E-state index is -0.234. The number of hydrogen-bond donors (Lipinski definition) is 1. The quantitative estimate of drug-likeness (QED) is 0.866. The van der Waals surface area contributed by atoms with Crippen molar-refractivity contribution in [2.75, 3.05) is 11.9 Å². The Morgan fingerprint density at radius 2 is 2.09 bits per heavy atom. The number of fused-ring (bicyclic) bond motifs is 1. The zero-order valence-corrected chi connectivity index (χ0v) is 12.5. The van der Waals surface area contributed by atoms with Gasteiger partial charge in [-0.05, 0) is 49.9 Å². The summed E-state index contributed by atoms with van der Waals surface area (Å²) >= 11 is 0. The van der Waals surface area contributed by atoms with Crippen LogP contribution in [0.5, 0.6) is 5.75 Å². The Morgan fingerprint density at radius 3 is 2.82 bits per heavy atom. The molecular weight excluding hydrogens is 282 g/mol. The molecule has 1 amide bonds. The highest BCUT2D eigenvalue weighted by molar-refractivity contribution is 5.97. The van der Waals surface area contributed by atoms with E-state index in [0.29, 0.717) is 6.61 Å². The fraction of sp³-hybridized carbons (Fsp3) is 0.529. The van der Waals surface area contributed by atoms with Crippen LogP contribution in [-0.2, 0) is 14.3 Å². The van der Waals surface area contributed by atoms with E-state index in [1.807, 2.05) is 31.2 Å². The topological polar surface area (TPSA) is 64.6 Å². The molecule has 1 aromatic carbocycles. The largest absolute Gasteiger partial charge is 0.494 e. The van der Waals surface area contributed by atoms with Crippen molar-refractivity contribution in [1.82, 2.24) is 0 Å². The Bertz CT molecular complexity index is 610. The average Bonchev–Trinajstić information content (AvgIpc) is 3.11. The van der Waals surface area contributed by atoms with Crippen molar-refractivity contribution in [3.8, 4) is 5.75 Å². The molecule has 2 bridgehead atoms. The second-order valence-corrected chi connectivity index (χ2v) is 6.37. The van der Waals surface area contributed by atoms with Gasteiger partial charge in [-0.2, -0.15) is 0 Å². The first-order valence-corrected chi connectivity index (χ1v) is 7.91. The van der Waals surface area contributed by atoms with Crippen LogP contribution in [0.15, 0.2) is 24.3 Å². The molecule has 5 atom stereocenters. The molecule has 1 aromatic rings. The number of rotatable bonds is 4. The maximum absolute atomic E-state index is 12.6. The SMILES string of the molecule is CCOc1ccc(NC(=O)[C@H]2[C@H]3C[C@H]4[C@H]2C(=O)O[C@H]4C3)cc1. The van der Waals surface area contributed by atoms with Crippen LogP contribution in [0.2, 0.25) is 0 Å². The zero-order valence-electron chi connectivity index (χ0n) is 12.5. The van der Waals surface area contributed by atoms with E-state index in [2.05, 4.69) is 5.32 Å². The van der Waals surface area contributed by atoms with E-state index in [1.54, 1.807) is 0 Å². The summed E-state index contributed by atoms with van der Waals surface area (Å²) in [7, 11) is 0. The molecule has 3 fully saturated rings. The van der Waals surface area contributed by atoms with Crippen molar-refractivity contribution < 1.29 is 19.1 Å². The molecule has 0 spiro atoms. The minimum Gasteiger partial charge on any atom is -0.494 e. The average molecular weight is 301 g/mol. The van der Waals surface area contributed by atoms with E-state index in [4.69, 9.17) is 9.47 Å². The van der Waals surface area contributed by atoms with Crippen molar-refractivity contribution in [3.05, 3.63) is 24.3 Å². The fourth-order valence-electron chi connectivity index (χ4n) is 4.39. The molecule has 22 heavy (non-hydrogen) atoms. The standard InChI is InChI=1S/C17H19NO4/c1-2-21-11-5-3-10(4-6-11)18-16(19)14-9-7-12-13(8-9)22-17(20)15(12)14/h3-6,9,12-15H,2,7-8H2,1H3,(H,18,19)/t9-,12+,13-,14-,15+/m0/s1. The Morgan fingerprint density at radius 1 is 1.32 bits per heavy atom. The first-order chi connectivity index (χ1) is 10.7. The third-order valence-electron chi connectivity index (χ3n) is 5.22. The first kappa shape index (κ1) is 13.6. The van der Waals surface area contributed by atoms with Crippen LogP contribution < -0.4 is 10.1 Å². The lowest BCUT2D eigenvalue weighted by Gasteiger charge is -2.23. The number of anilines is 1. The lowest BCUT2D eigenvalue weighted by molar-refractivity contribution is -0.145. The van der Waals surface area contributed by atoms with Crippen molar-refractivity contribution in [2.24, 2.45) is 23.7 Å².